The number of halogens is 2. The molecule has 0 radical (unpaired) electrons. The van der Waals surface area contributed by atoms with Crippen molar-refractivity contribution in [1.29, 1.82) is 0 Å². The Morgan fingerprint density at radius 2 is 1.23 bits per heavy atom. The number of rotatable bonds is 4. The molecule has 0 fully saturated rings. The molecule has 3 aromatic rings. The zero-order valence-corrected chi connectivity index (χ0v) is 12.1. The predicted molar refractivity (Wildman–Crippen MR) is 85.6 cm³/mol. The summed E-state index contributed by atoms with van der Waals surface area (Å²) in [6.07, 6.45) is 1.89. The van der Waals surface area contributed by atoms with Gasteiger partial charge in [-0.2, -0.15) is 0 Å². The van der Waals surface area contributed by atoms with E-state index in [-0.39, 0.29) is 0 Å². The van der Waals surface area contributed by atoms with Gasteiger partial charge in [-0.1, -0.05) is 66.7 Å². The Balaban J connectivity index is 1.74. The fourth-order valence-electron chi connectivity index (χ4n) is 2.51. The summed E-state index contributed by atoms with van der Waals surface area (Å²) in [7, 11) is 0. The first kappa shape index (κ1) is 14.5. The second-order valence-corrected chi connectivity index (χ2v) is 5.28. The molecule has 0 unspecified atom stereocenters. The minimum Gasteiger partial charge on any atom is -0.204 e. The van der Waals surface area contributed by atoms with Crippen LogP contribution >= 0.6 is 0 Å². The zero-order chi connectivity index (χ0) is 15.4. The van der Waals surface area contributed by atoms with Crippen LogP contribution in [0, 0.1) is 11.6 Å². The van der Waals surface area contributed by atoms with Crippen molar-refractivity contribution in [1.82, 2.24) is 0 Å². The third kappa shape index (κ3) is 3.22. The molecule has 0 N–H and O–H groups in total. The minimum absolute atomic E-state index is 0.301. The Morgan fingerprint density at radius 3 is 1.91 bits per heavy atom. The van der Waals surface area contributed by atoms with Gasteiger partial charge in [0, 0.05) is 5.56 Å². The van der Waals surface area contributed by atoms with Gasteiger partial charge >= 0.3 is 0 Å². The Hall–Kier alpha value is -2.48. The monoisotopic (exact) mass is 294 g/mol. The minimum atomic E-state index is -0.814. The van der Waals surface area contributed by atoms with Gasteiger partial charge in [-0.15, -0.1) is 0 Å². The number of aryl methyl sites for hydroxylation is 2. The largest absolute Gasteiger partial charge is 0.204 e. The van der Waals surface area contributed by atoms with Gasteiger partial charge in [0.2, 0.25) is 0 Å². The van der Waals surface area contributed by atoms with E-state index >= 15 is 0 Å². The summed E-state index contributed by atoms with van der Waals surface area (Å²) < 4.78 is 27.1. The predicted octanol–water partition coefficient (Wildman–Crippen LogP) is 5.42. The van der Waals surface area contributed by atoms with Crippen LogP contribution in [0.2, 0.25) is 0 Å². The number of benzene rings is 3. The van der Waals surface area contributed by atoms with Gasteiger partial charge in [0.15, 0.2) is 11.6 Å². The van der Waals surface area contributed by atoms with Crippen molar-refractivity contribution in [2.45, 2.75) is 12.8 Å². The average Bonchev–Trinajstić information content (AvgIpc) is 2.57. The van der Waals surface area contributed by atoms with Crippen molar-refractivity contribution in [3.63, 3.8) is 0 Å². The van der Waals surface area contributed by atoms with E-state index in [2.05, 4.69) is 12.1 Å². The van der Waals surface area contributed by atoms with E-state index in [1.807, 2.05) is 42.5 Å². The highest BCUT2D eigenvalue weighted by Gasteiger charge is 2.09. The molecular weight excluding hydrogens is 278 g/mol. The molecule has 0 amide bonds. The van der Waals surface area contributed by atoms with Gasteiger partial charge in [-0.25, -0.2) is 8.78 Å². The lowest BCUT2D eigenvalue weighted by molar-refractivity contribution is 0.511. The molecule has 0 aromatic heterocycles. The highest BCUT2D eigenvalue weighted by atomic mass is 19.2. The van der Waals surface area contributed by atoms with Crippen molar-refractivity contribution in [2.75, 3.05) is 0 Å². The molecule has 0 saturated heterocycles. The van der Waals surface area contributed by atoms with Crippen molar-refractivity contribution in [3.05, 3.63) is 95.6 Å². The first-order valence-corrected chi connectivity index (χ1v) is 7.31. The molecule has 0 heterocycles. The first-order valence-electron chi connectivity index (χ1n) is 7.31. The average molecular weight is 294 g/mol. The van der Waals surface area contributed by atoms with E-state index in [4.69, 9.17) is 0 Å². The summed E-state index contributed by atoms with van der Waals surface area (Å²) in [6.45, 7) is 0. The van der Waals surface area contributed by atoms with Gasteiger partial charge in [-0.05, 0) is 35.6 Å². The van der Waals surface area contributed by atoms with E-state index in [0.29, 0.717) is 11.1 Å². The second-order valence-electron chi connectivity index (χ2n) is 5.28. The number of hydrogen-bond acceptors (Lipinski definition) is 0. The maximum atomic E-state index is 13.8. The molecule has 0 spiro atoms. The maximum absolute atomic E-state index is 13.8. The van der Waals surface area contributed by atoms with Gasteiger partial charge in [0.1, 0.15) is 0 Å². The standard InChI is InChI=1S/C20H16F2/c21-19-8-4-7-18(20(19)22)17-13-11-16(12-14-17)10-9-15-5-2-1-3-6-15/h1-8,11-14H,9-10H2. The molecule has 2 heteroatoms. The molecule has 3 rings (SSSR count). The first-order chi connectivity index (χ1) is 10.7. The van der Waals surface area contributed by atoms with Crippen molar-refractivity contribution < 1.29 is 8.78 Å². The number of hydrogen-bond donors (Lipinski definition) is 0. The molecule has 0 aliphatic carbocycles. The van der Waals surface area contributed by atoms with Crippen LogP contribution in [0.25, 0.3) is 11.1 Å². The highest BCUT2D eigenvalue weighted by molar-refractivity contribution is 5.64. The highest BCUT2D eigenvalue weighted by Crippen LogP contribution is 2.24. The van der Waals surface area contributed by atoms with Crippen LogP contribution < -0.4 is 0 Å². The molecule has 0 aliphatic heterocycles. The van der Waals surface area contributed by atoms with E-state index in [1.165, 1.54) is 17.2 Å². The van der Waals surface area contributed by atoms with Crippen LogP contribution in [0.1, 0.15) is 11.1 Å². The lowest BCUT2D eigenvalue weighted by Gasteiger charge is -2.06. The molecule has 110 valence electrons. The third-order valence-electron chi connectivity index (χ3n) is 3.76. The zero-order valence-electron chi connectivity index (χ0n) is 12.1. The van der Waals surface area contributed by atoms with E-state index in [0.717, 1.165) is 18.9 Å². The second kappa shape index (κ2) is 6.52. The van der Waals surface area contributed by atoms with Gasteiger partial charge in [0.05, 0.1) is 0 Å². The van der Waals surface area contributed by atoms with Crippen LogP contribution in [0.5, 0.6) is 0 Å². The summed E-state index contributed by atoms with van der Waals surface area (Å²) in [5.41, 5.74) is 3.47. The van der Waals surface area contributed by atoms with Gasteiger partial charge in [-0.3, -0.25) is 0 Å². The van der Waals surface area contributed by atoms with Gasteiger partial charge in [0.25, 0.3) is 0 Å². The Bertz CT molecular complexity index is 746. The van der Waals surface area contributed by atoms with Crippen molar-refractivity contribution in [2.24, 2.45) is 0 Å². The van der Waals surface area contributed by atoms with Crippen molar-refractivity contribution >= 4 is 0 Å². The van der Waals surface area contributed by atoms with E-state index in [9.17, 15) is 8.78 Å². The lowest BCUT2D eigenvalue weighted by atomic mass is 10.00. The third-order valence-corrected chi connectivity index (χ3v) is 3.76. The quantitative estimate of drug-likeness (QED) is 0.603. The molecule has 3 aromatic carbocycles. The van der Waals surface area contributed by atoms with Crippen molar-refractivity contribution in [3.8, 4) is 11.1 Å². The molecule has 0 bridgehead atoms. The normalized spacial score (nSPS) is 10.6. The van der Waals surface area contributed by atoms with Crippen LogP contribution in [-0.4, -0.2) is 0 Å². The fourth-order valence-corrected chi connectivity index (χ4v) is 2.51. The lowest BCUT2D eigenvalue weighted by Crippen LogP contribution is -1.92. The SMILES string of the molecule is Fc1cccc(-c2ccc(CCc3ccccc3)cc2)c1F. The molecule has 0 nitrogen and oxygen atoms in total. The summed E-state index contributed by atoms with van der Waals surface area (Å²) >= 11 is 0. The fraction of sp³-hybridized carbons (Fsp3) is 0.100. The van der Waals surface area contributed by atoms with E-state index < -0.39 is 11.6 Å². The van der Waals surface area contributed by atoms with Gasteiger partial charge < -0.3 is 0 Å². The van der Waals surface area contributed by atoms with E-state index in [1.54, 1.807) is 6.07 Å². The summed E-state index contributed by atoms with van der Waals surface area (Å²) in [4.78, 5) is 0. The molecule has 0 aliphatic rings. The summed E-state index contributed by atoms with van der Waals surface area (Å²) in [5, 5.41) is 0. The molecule has 0 saturated carbocycles. The summed E-state index contributed by atoms with van der Waals surface area (Å²) in [5.74, 6) is -1.61. The Kier molecular flexibility index (Phi) is 4.29. The smallest absolute Gasteiger partial charge is 0.166 e. The molecule has 22 heavy (non-hydrogen) atoms. The summed E-state index contributed by atoms with van der Waals surface area (Å²) in [6, 6.07) is 22.2. The molecular formula is C20H16F2. The maximum Gasteiger partial charge on any atom is 0.166 e. The van der Waals surface area contributed by atoms with Crippen LogP contribution in [0.4, 0.5) is 8.78 Å². The van der Waals surface area contributed by atoms with Crippen LogP contribution in [0.15, 0.2) is 72.8 Å². The topological polar surface area (TPSA) is 0 Å². The molecule has 0 atom stereocenters. The Morgan fingerprint density at radius 1 is 0.591 bits per heavy atom. The van der Waals surface area contributed by atoms with Crippen LogP contribution in [-0.2, 0) is 12.8 Å². The Labute approximate surface area is 129 Å². The van der Waals surface area contributed by atoms with Crippen LogP contribution in [0.3, 0.4) is 0 Å².